The highest BCUT2D eigenvalue weighted by Gasteiger charge is 2.24. The molecule has 0 heterocycles. The summed E-state index contributed by atoms with van der Waals surface area (Å²) in [5.74, 6) is -0.949. The van der Waals surface area contributed by atoms with E-state index in [1.54, 1.807) is 4.90 Å². The Labute approximate surface area is 102 Å². The molecule has 0 bridgehead atoms. The van der Waals surface area contributed by atoms with Gasteiger partial charge in [-0.25, -0.2) is 9.59 Å². The highest BCUT2D eigenvalue weighted by atomic mass is 16.4. The minimum Gasteiger partial charge on any atom is -0.480 e. The number of aliphatic carboxylic acids is 1. The van der Waals surface area contributed by atoms with Crippen LogP contribution in [0.2, 0.25) is 0 Å². The van der Waals surface area contributed by atoms with E-state index in [0.717, 1.165) is 0 Å². The van der Waals surface area contributed by atoms with Crippen molar-refractivity contribution in [1.29, 1.82) is 0 Å². The van der Waals surface area contributed by atoms with Crippen LogP contribution in [0.4, 0.5) is 4.79 Å². The first-order chi connectivity index (χ1) is 7.79. The fourth-order valence-corrected chi connectivity index (χ4v) is 1.34. The second kappa shape index (κ2) is 7.11. The maximum atomic E-state index is 11.8. The largest absolute Gasteiger partial charge is 0.480 e. The molecule has 0 aromatic heterocycles. The highest BCUT2D eigenvalue weighted by Crippen LogP contribution is 2.05. The Morgan fingerprint density at radius 3 is 2.06 bits per heavy atom. The van der Waals surface area contributed by atoms with E-state index in [4.69, 9.17) is 10.2 Å². The number of urea groups is 1. The van der Waals surface area contributed by atoms with Gasteiger partial charge in [-0.2, -0.15) is 0 Å². The first kappa shape index (κ1) is 15.7. The predicted octanol–water partition coefficient (Wildman–Crippen LogP) is 0.508. The van der Waals surface area contributed by atoms with Crippen LogP contribution in [0.1, 0.15) is 27.7 Å². The molecule has 0 aromatic rings. The summed E-state index contributed by atoms with van der Waals surface area (Å²) in [4.78, 5) is 24.1. The molecule has 0 saturated carbocycles. The van der Waals surface area contributed by atoms with E-state index in [2.05, 4.69) is 5.32 Å². The smallest absolute Gasteiger partial charge is 0.328 e. The first-order valence-electron chi connectivity index (χ1n) is 5.70. The van der Waals surface area contributed by atoms with E-state index >= 15 is 0 Å². The van der Waals surface area contributed by atoms with E-state index < -0.39 is 24.6 Å². The van der Waals surface area contributed by atoms with Crippen LogP contribution in [-0.4, -0.2) is 52.3 Å². The third-order valence-electron chi connectivity index (χ3n) is 2.22. The summed E-state index contributed by atoms with van der Waals surface area (Å²) in [6.45, 7) is 7.59. The molecule has 1 atom stereocenters. The molecule has 0 rings (SSSR count). The fraction of sp³-hybridized carbons (Fsp3) is 0.818. The van der Waals surface area contributed by atoms with Crippen LogP contribution >= 0.6 is 0 Å². The molecule has 6 heteroatoms. The Balaban J connectivity index is 4.56. The van der Waals surface area contributed by atoms with Crippen LogP contribution in [0.15, 0.2) is 0 Å². The van der Waals surface area contributed by atoms with Gasteiger partial charge in [0.25, 0.3) is 0 Å². The van der Waals surface area contributed by atoms with Gasteiger partial charge >= 0.3 is 12.0 Å². The number of hydrogen-bond donors (Lipinski definition) is 3. The van der Waals surface area contributed by atoms with Crippen molar-refractivity contribution in [2.24, 2.45) is 5.92 Å². The molecule has 17 heavy (non-hydrogen) atoms. The minimum atomic E-state index is -1.25. The van der Waals surface area contributed by atoms with Gasteiger partial charge in [-0.05, 0) is 19.8 Å². The Morgan fingerprint density at radius 2 is 1.76 bits per heavy atom. The van der Waals surface area contributed by atoms with Gasteiger partial charge in [0.15, 0.2) is 6.04 Å². The summed E-state index contributed by atoms with van der Waals surface area (Å²) in [5.41, 5.74) is 0. The van der Waals surface area contributed by atoms with Gasteiger partial charge in [-0.15, -0.1) is 0 Å². The summed E-state index contributed by atoms with van der Waals surface area (Å²) in [6.07, 6.45) is 0. The van der Waals surface area contributed by atoms with E-state index in [9.17, 15) is 9.59 Å². The summed E-state index contributed by atoms with van der Waals surface area (Å²) < 4.78 is 0. The Morgan fingerprint density at radius 1 is 1.24 bits per heavy atom. The van der Waals surface area contributed by atoms with Crippen molar-refractivity contribution in [3.63, 3.8) is 0 Å². The molecule has 6 nitrogen and oxygen atoms in total. The van der Waals surface area contributed by atoms with Gasteiger partial charge in [-0.1, -0.05) is 13.8 Å². The highest BCUT2D eigenvalue weighted by molar-refractivity contribution is 5.82. The number of amides is 2. The van der Waals surface area contributed by atoms with Crippen LogP contribution in [0.25, 0.3) is 0 Å². The Hall–Kier alpha value is -1.30. The summed E-state index contributed by atoms with van der Waals surface area (Å²) in [5, 5.41) is 19.9. The van der Waals surface area contributed by atoms with Crippen molar-refractivity contribution in [1.82, 2.24) is 10.2 Å². The topological polar surface area (TPSA) is 89.9 Å². The van der Waals surface area contributed by atoms with Crippen LogP contribution in [0, 0.1) is 5.92 Å². The second-order valence-corrected chi connectivity index (χ2v) is 4.66. The van der Waals surface area contributed by atoms with Gasteiger partial charge in [-0.3, -0.25) is 0 Å². The molecule has 1 unspecified atom stereocenters. The number of hydrogen-bond acceptors (Lipinski definition) is 3. The van der Waals surface area contributed by atoms with E-state index in [0.29, 0.717) is 12.5 Å². The van der Waals surface area contributed by atoms with Crippen LogP contribution in [0.3, 0.4) is 0 Å². The number of carboxylic acid groups (broad SMARTS) is 1. The number of aliphatic hydroxyl groups excluding tert-OH is 1. The molecule has 0 aliphatic carbocycles. The summed E-state index contributed by atoms with van der Waals surface area (Å²) in [6, 6.07) is -1.74. The van der Waals surface area contributed by atoms with Gasteiger partial charge < -0.3 is 20.4 Å². The van der Waals surface area contributed by atoms with Gasteiger partial charge in [0.1, 0.15) is 0 Å². The maximum Gasteiger partial charge on any atom is 0.328 e. The zero-order chi connectivity index (χ0) is 13.6. The van der Waals surface area contributed by atoms with Crippen LogP contribution in [-0.2, 0) is 4.79 Å². The number of rotatable bonds is 6. The van der Waals surface area contributed by atoms with E-state index in [-0.39, 0.29) is 6.04 Å². The van der Waals surface area contributed by atoms with Gasteiger partial charge in [0, 0.05) is 12.6 Å². The van der Waals surface area contributed by atoms with Crippen LogP contribution < -0.4 is 5.32 Å². The van der Waals surface area contributed by atoms with Crippen molar-refractivity contribution in [3.05, 3.63) is 0 Å². The molecule has 0 aromatic carbocycles. The molecule has 2 amide bonds. The Kier molecular flexibility index (Phi) is 6.57. The fourth-order valence-electron chi connectivity index (χ4n) is 1.34. The quantitative estimate of drug-likeness (QED) is 0.637. The number of carboxylic acids is 1. The number of carbonyl (C=O) groups excluding carboxylic acids is 1. The van der Waals surface area contributed by atoms with Crippen molar-refractivity contribution < 1.29 is 19.8 Å². The number of nitrogens with zero attached hydrogens (tertiary/aromatic N) is 1. The van der Waals surface area contributed by atoms with Crippen molar-refractivity contribution in [2.45, 2.75) is 39.8 Å². The third-order valence-corrected chi connectivity index (χ3v) is 2.22. The normalized spacial score (nSPS) is 12.6. The van der Waals surface area contributed by atoms with E-state index in [1.807, 2.05) is 27.7 Å². The Bertz CT molecular complexity index is 266. The molecule has 3 N–H and O–H groups in total. The number of aliphatic hydroxyl groups is 1. The average Bonchev–Trinajstić information content (AvgIpc) is 2.20. The third kappa shape index (κ3) is 5.53. The standard InChI is InChI=1S/C11H22N2O4/c1-7(2)5-13(8(3)4)11(17)12-9(6-14)10(15)16/h7-9,14H,5-6H2,1-4H3,(H,12,17)(H,15,16). The minimum absolute atomic E-state index is 0.0227. The molecule has 0 spiro atoms. The monoisotopic (exact) mass is 246 g/mol. The predicted molar refractivity (Wildman–Crippen MR) is 63.7 cm³/mol. The first-order valence-corrected chi connectivity index (χ1v) is 5.70. The molecule has 0 aliphatic heterocycles. The SMILES string of the molecule is CC(C)CN(C(=O)NC(CO)C(=O)O)C(C)C. The lowest BCUT2D eigenvalue weighted by Crippen LogP contribution is -2.52. The number of nitrogens with one attached hydrogen (secondary N) is 1. The zero-order valence-electron chi connectivity index (χ0n) is 10.8. The van der Waals surface area contributed by atoms with E-state index in [1.165, 1.54) is 0 Å². The van der Waals surface area contributed by atoms with Gasteiger partial charge in [0.2, 0.25) is 0 Å². The molecule has 0 aliphatic rings. The lowest BCUT2D eigenvalue weighted by molar-refractivity contribution is -0.140. The molecule has 0 radical (unpaired) electrons. The maximum absolute atomic E-state index is 11.8. The molecular weight excluding hydrogens is 224 g/mol. The van der Waals surface area contributed by atoms with Crippen molar-refractivity contribution >= 4 is 12.0 Å². The summed E-state index contributed by atoms with van der Waals surface area (Å²) >= 11 is 0. The molecule has 0 saturated heterocycles. The van der Waals surface area contributed by atoms with Crippen molar-refractivity contribution in [2.75, 3.05) is 13.2 Å². The second-order valence-electron chi connectivity index (χ2n) is 4.66. The summed E-state index contributed by atoms with van der Waals surface area (Å²) in [7, 11) is 0. The zero-order valence-corrected chi connectivity index (χ0v) is 10.8. The molecular formula is C11H22N2O4. The lowest BCUT2D eigenvalue weighted by atomic mass is 10.2. The van der Waals surface area contributed by atoms with Crippen molar-refractivity contribution in [3.8, 4) is 0 Å². The number of carbonyl (C=O) groups is 2. The molecule has 100 valence electrons. The molecule has 0 fully saturated rings. The van der Waals surface area contributed by atoms with Crippen LogP contribution in [0.5, 0.6) is 0 Å². The lowest BCUT2D eigenvalue weighted by Gasteiger charge is -2.29. The van der Waals surface area contributed by atoms with Gasteiger partial charge in [0.05, 0.1) is 6.61 Å². The average molecular weight is 246 g/mol.